The molecule has 3 rings (SSSR count). The van der Waals surface area contributed by atoms with Crippen molar-refractivity contribution < 1.29 is 23.6 Å². The van der Waals surface area contributed by atoms with Gasteiger partial charge in [0.1, 0.15) is 18.1 Å². The van der Waals surface area contributed by atoms with E-state index >= 15 is 0 Å². The van der Waals surface area contributed by atoms with Crippen molar-refractivity contribution in [3.63, 3.8) is 0 Å². The van der Waals surface area contributed by atoms with Crippen molar-refractivity contribution in [1.82, 2.24) is 10.1 Å². The van der Waals surface area contributed by atoms with Crippen LogP contribution in [0.4, 0.5) is 0 Å². The highest BCUT2D eigenvalue weighted by Crippen LogP contribution is 2.23. The van der Waals surface area contributed by atoms with Crippen LogP contribution in [-0.2, 0) is 16.1 Å². The Morgan fingerprint density at radius 1 is 1.32 bits per heavy atom. The maximum atomic E-state index is 13.0. The van der Waals surface area contributed by atoms with E-state index in [1.54, 1.807) is 18.7 Å². The molecule has 0 radical (unpaired) electrons. The zero-order valence-electron chi connectivity index (χ0n) is 16.6. The molecule has 150 valence electrons. The Kier molecular flexibility index (Phi) is 6.34. The minimum absolute atomic E-state index is 0.189. The molecule has 0 aliphatic carbocycles. The summed E-state index contributed by atoms with van der Waals surface area (Å²) < 4.78 is 16.2. The minimum atomic E-state index is -0.294. The maximum absolute atomic E-state index is 13.0. The molecule has 0 N–H and O–H groups in total. The molecule has 1 aliphatic heterocycles. The number of piperidine rings is 1. The van der Waals surface area contributed by atoms with Crippen LogP contribution in [0.3, 0.4) is 0 Å². The standard InChI is InChI=1S/C21H26N2O5/c1-4-26-21(25)16-8-6-10-23(12-16)20(24)19-18(15(3)28-22-19)13-27-17-9-5-7-14(2)11-17/h5,7,9,11,16H,4,6,8,10,12-13H2,1-3H3. The van der Waals surface area contributed by atoms with Gasteiger partial charge in [0.15, 0.2) is 5.69 Å². The number of carbonyl (C=O) groups is 2. The van der Waals surface area contributed by atoms with Gasteiger partial charge in [-0.2, -0.15) is 0 Å². The molecule has 1 aromatic heterocycles. The van der Waals surface area contributed by atoms with Gasteiger partial charge in [-0.05, 0) is 51.3 Å². The predicted octanol–water partition coefficient (Wildman–Crippen LogP) is 3.29. The monoisotopic (exact) mass is 386 g/mol. The van der Waals surface area contributed by atoms with E-state index in [2.05, 4.69) is 5.16 Å². The third-order valence-electron chi connectivity index (χ3n) is 4.89. The van der Waals surface area contributed by atoms with Crippen LogP contribution in [0.5, 0.6) is 5.75 Å². The van der Waals surface area contributed by atoms with Crippen LogP contribution in [0.15, 0.2) is 28.8 Å². The fourth-order valence-corrected chi connectivity index (χ4v) is 3.35. The fourth-order valence-electron chi connectivity index (χ4n) is 3.35. The van der Waals surface area contributed by atoms with Gasteiger partial charge in [-0.25, -0.2) is 0 Å². The first-order valence-corrected chi connectivity index (χ1v) is 9.60. The van der Waals surface area contributed by atoms with Crippen molar-refractivity contribution >= 4 is 11.9 Å². The van der Waals surface area contributed by atoms with E-state index in [0.29, 0.717) is 31.0 Å². The Morgan fingerprint density at radius 3 is 2.89 bits per heavy atom. The molecule has 1 saturated heterocycles. The van der Waals surface area contributed by atoms with E-state index in [4.69, 9.17) is 14.0 Å². The van der Waals surface area contributed by atoms with Gasteiger partial charge in [0, 0.05) is 13.1 Å². The van der Waals surface area contributed by atoms with Crippen molar-refractivity contribution in [2.75, 3.05) is 19.7 Å². The first-order valence-electron chi connectivity index (χ1n) is 9.60. The molecule has 1 unspecified atom stereocenters. The number of hydrogen-bond donors (Lipinski definition) is 0. The summed E-state index contributed by atoms with van der Waals surface area (Å²) in [5.41, 5.74) is 1.97. The first kappa shape index (κ1) is 19.9. The van der Waals surface area contributed by atoms with Crippen LogP contribution in [-0.4, -0.2) is 41.6 Å². The van der Waals surface area contributed by atoms with Crippen LogP contribution in [0.2, 0.25) is 0 Å². The number of likely N-dealkylation sites (tertiary alicyclic amines) is 1. The summed E-state index contributed by atoms with van der Waals surface area (Å²) in [7, 11) is 0. The van der Waals surface area contributed by atoms with Gasteiger partial charge < -0.3 is 18.9 Å². The number of hydrogen-bond acceptors (Lipinski definition) is 6. The lowest BCUT2D eigenvalue weighted by Gasteiger charge is -2.31. The molecule has 0 saturated carbocycles. The second-order valence-electron chi connectivity index (χ2n) is 7.01. The number of aromatic nitrogens is 1. The second-order valence-corrected chi connectivity index (χ2v) is 7.01. The average molecular weight is 386 g/mol. The number of carbonyl (C=O) groups excluding carboxylic acids is 2. The summed E-state index contributed by atoms with van der Waals surface area (Å²) in [5, 5.41) is 3.96. The van der Waals surface area contributed by atoms with E-state index in [0.717, 1.165) is 24.2 Å². The Hall–Kier alpha value is -2.83. The lowest BCUT2D eigenvalue weighted by atomic mass is 9.97. The molecular weight excluding hydrogens is 360 g/mol. The highest BCUT2D eigenvalue weighted by atomic mass is 16.5. The van der Waals surface area contributed by atoms with Crippen LogP contribution >= 0.6 is 0 Å². The number of benzene rings is 1. The predicted molar refractivity (Wildman–Crippen MR) is 102 cm³/mol. The number of nitrogens with zero attached hydrogens (tertiary/aromatic N) is 2. The molecule has 1 aromatic carbocycles. The Bertz CT molecular complexity index is 845. The van der Waals surface area contributed by atoms with E-state index in [1.807, 2.05) is 31.2 Å². The zero-order chi connectivity index (χ0) is 20.1. The number of amides is 1. The fraction of sp³-hybridized carbons (Fsp3) is 0.476. The van der Waals surface area contributed by atoms with Crippen LogP contribution in [0.1, 0.15) is 47.1 Å². The number of rotatable bonds is 6. The summed E-state index contributed by atoms with van der Waals surface area (Å²) in [6.07, 6.45) is 1.48. The highest BCUT2D eigenvalue weighted by Gasteiger charge is 2.32. The number of esters is 1. The van der Waals surface area contributed by atoms with E-state index in [-0.39, 0.29) is 30.1 Å². The van der Waals surface area contributed by atoms with Gasteiger partial charge in [-0.15, -0.1) is 0 Å². The van der Waals surface area contributed by atoms with Gasteiger partial charge in [0.05, 0.1) is 18.1 Å². The minimum Gasteiger partial charge on any atom is -0.489 e. The molecule has 1 amide bonds. The van der Waals surface area contributed by atoms with Gasteiger partial charge in [-0.1, -0.05) is 17.3 Å². The molecule has 28 heavy (non-hydrogen) atoms. The molecule has 2 heterocycles. The van der Waals surface area contributed by atoms with Crippen molar-refractivity contribution in [3.05, 3.63) is 46.8 Å². The Labute approximate surface area is 164 Å². The molecule has 0 spiro atoms. The second kappa shape index (κ2) is 8.91. The molecular formula is C21H26N2O5. The molecule has 0 bridgehead atoms. The van der Waals surface area contributed by atoms with Crippen molar-refractivity contribution in [2.24, 2.45) is 5.92 Å². The summed E-state index contributed by atoms with van der Waals surface area (Å²) in [6, 6.07) is 7.70. The number of ether oxygens (including phenoxy) is 2. The topological polar surface area (TPSA) is 81.9 Å². The summed E-state index contributed by atoms with van der Waals surface area (Å²) in [6.45, 7) is 6.98. The smallest absolute Gasteiger partial charge is 0.310 e. The lowest BCUT2D eigenvalue weighted by Crippen LogP contribution is -2.43. The Morgan fingerprint density at radius 2 is 2.14 bits per heavy atom. The van der Waals surface area contributed by atoms with Gasteiger partial charge in [-0.3, -0.25) is 9.59 Å². The third-order valence-corrected chi connectivity index (χ3v) is 4.89. The first-order chi connectivity index (χ1) is 13.5. The molecule has 1 atom stereocenters. The quantitative estimate of drug-likeness (QED) is 0.709. The molecule has 7 heteroatoms. The van der Waals surface area contributed by atoms with Crippen LogP contribution < -0.4 is 4.74 Å². The zero-order valence-corrected chi connectivity index (χ0v) is 16.6. The summed E-state index contributed by atoms with van der Waals surface area (Å²) in [5.74, 6) is 0.486. The third kappa shape index (κ3) is 4.52. The number of aryl methyl sites for hydroxylation is 2. The largest absolute Gasteiger partial charge is 0.489 e. The average Bonchev–Trinajstić information content (AvgIpc) is 3.06. The van der Waals surface area contributed by atoms with Gasteiger partial charge >= 0.3 is 5.97 Å². The van der Waals surface area contributed by atoms with Crippen LogP contribution in [0, 0.1) is 19.8 Å². The maximum Gasteiger partial charge on any atom is 0.310 e. The van der Waals surface area contributed by atoms with Gasteiger partial charge in [0.2, 0.25) is 0 Å². The van der Waals surface area contributed by atoms with Gasteiger partial charge in [0.25, 0.3) is 5.91 Å². The highest BCUT2D eigenvalue weighted by molar-refractivity contribution is 5.94. The van der Waals surface area contributed by atoms with E-state index in [9.17, 15) is 9.59 Å². The summed E-state index contributed by atoms with van der Waals surface area (Å²) >= 11 is 0. The molecule has 1 aliphatic rings. The van der Waals surface area contributed by atoms with Crippen molar-refractivity contribution in [2.45, 2.75) is 40.2 Å². The summed E-state index contributed by atoms with van der Waals surface area (Å²) in [4.78, 5) is 26.7. The normalized spacial score (nSPS) is 16.7. The van der Waals surface area contributed by atoms with Crippen molar-refractivity contribution in [3.8, 4) is 5.75 Å². The Balaban J connectivity index is 1.71. The van der Waals surface area contributed by atoms with E-state index < -0.39 is 0 Å². The van der Waals surface area contributed by atoms with E-state index in [1.165, 1.54) is 0 Å². The molecule has 1 fully saturated rings. The van der Waals surface area contributed by atoms with Crippen LogP contribution in [0.25, 0.3) is 0 Å². The van der Waals surface area contributed by atoms with Crippen molar-refractivity contribution in [1.29, 1.82) is 0 Å². The SMILES string of the molecule is CCOC(=O)C1CCCN(C(=O)c2noc(C)c2COc2cccc(C)c2)C1. The lowest BCUT2D eigenvalue weighted by molar-refractivity contribution is -0.149. The molecule has 7 nitrogen and oxygen atoms in total. The molecule has 2 aromatic rings.